The maximum absolute atomic E-state index is 3.46. The number of benzene rings is 2. The summed E-state index contributed by atoms with van der Waals surface area (Å²) in [4.78, 5) is 6.19. The molecule has 1 atom stereocenters. The standard InChI is InChI=1S/C24H30N2/c1-3-14-26(15-4-2)19-13-12-18-8-7-10-20(22(18)16-19)23-17-25-24-11-6-5-9-21(23)24/h5-11,17,19,25H,3-4,12-16H2,1-2H3. The van der Waals surface area contributed by atoms with Gasteiger partial charge in [0.1, 0.15) is 0 Å². The summed E-state index contributed by atoms with van der Waals surface area (Å²) in [6.45, 7) is 7.06. The van der Waals surface area contributed by atoms with E-state index in [0.717, 1.165) is 0 Å². The van der Waals surface area contributed by atoms with Crippen LogP contribution >= 0.6 is 0 Å². The fourth-order valence-corrected chi connectivity index (χ4v) is 4.68. The molecule has 0 spiro atoms. The first-order chi connectivity index (χ1) is 12.8. The van der Waals surface area contributed by atoms with Gasteiger partial charge < -0.3 is 9.88 Å². The SMILES string of the molecule is CCCN(CCC)C1CCc2cccc(-c3c[nH]c4ccccc34)c2C1. The van der Waals surface area contributed by atoms with Crippen molar-refractivity contribution < 1.29 is 0 Å². The van der Waals surface area contributed by atoms with Crippen molar-refractivity contribution >= 4 is 10.9 Å². The molecule has 1 unspecified atom stereocenters. The smallest absolute Gasteiger partial charge is 0.0460 e. The second-order valence-corrected chi connectivity index (χ2v) is 7.62. The summed E-state index contributed by atoms with van der Waals surface area (Å²) < 4.78 is 0. The van der Waals surface area contributed by atoms with Crippen LogP contribution in [0, 0.1) is 0 Å². The zero-order valence-corrected chi connectivity index (χ0v) is 16.1. The van der Waals surface area contributed by atoms with Gasteiger partial charge in [0.2, 0.25) is 0 Å². The van der Waals surface area contributed by atoms with Gasteiger partial charge in [0.05, 0.1) is 0 Å². The van der Waals surface area contributed by atoms with Crippen LogP contribution in [0.1, 0.15) is 44.2 Å². The number of nitrogens with zero attached hydrogens (tertiary/aromatic N) is 1. The van der Waals surface area contributed by atoms with Crippen LogP contribution < -0.4 is 0 Å². The normalized spacial score (nSPS) is 17.0. The second-order valence-electron chi connectivity index (χ2n) is 7.62. The average Bonchev–Trinajstić information content (AvgIpc) is 3.11. The zero-order valence-electron chi connectivity index (χ0n) is 16.1. The molecule has 0 fully saturated rings. The van der Waals surface area contributed by atoms with Crippen molar-refractivity contribution in [2.24, 2.45) is 0 Å². The highest BCUT2D eigenvalue weighted by Crippen LogP contribution is 2.36. The lowest BCUT2D eigenvalue weighted by atomic mass is 9.82. The third kappa shape index (κ3) is 3.19. The van der Waals surface area contributed by atoms with E-state index in [-0.39, 0.29) is 0 Å². The third-order valence-corrected chi connectivity index (χ3v) is 5.88. The summed E-state index contributed by atoms with van der Waals surface area (Å²) in [6.07, 6.45) is 8.37. The van der Waals surface area contributed by atoms with Crippen molar-refractivity contribution in [2.45, 2.75) is 52.0 Å². The molecule has 1 N–H and O–H groups in total. The number of hydrogen-bond donors (Lipinski definition) is 1. The van der Waals surface area contributed by atoms with E-state index in [0.29, 0.717) is 6.04 Å². The maximum atomic E-state index is 3.46. The van der Waals surface area contributed by atoms with Gasteiger partial charge in [0.25, 0.3) is 0 Å². The van der Waals surface area contributed by atoms with Crippen LogP contribution in [-0.4, -0.2) is 29.0 Å². The van der Waals surface area contributed by atoms with Crippen LogP contribution in [0.3, 0.4) is 0 Å². The number of aromatic nitrogens is 1. The van der Waals surface area contributed by atoms with Gasteiger partial charge >= 0.3 is 0 Å². The molecular formula is C24H30N2. The fraction of sp³-hybridized carbons (Fsp3) is 0.417. The maximum Gasteiger partial charge on any atom is 0.0460 e. The topological polar surface area (TPSA) is 19.0 Å². The molecule has 0 radical (unpaired) electrons. The Bertz CT molecular complexity index is 871. The minimum absolute atomic E-state index is 0.689. The Hall–Kier alpha value is -2.06. The summed E-state index contributed by atoms with van der Waals surface area (Å²) in [6, 6.07) is 16.2. The van der Waals surface area contributed by atoms with Crippen molar-refractivity contribution in [3.63, 3.8) is 0 Å². The van der Waals surface area contributed by atoms with E-state index in [1.807, 2.05) is 0 Å². The van der Waals surface area contributed by atoms with Crippen LogP contribution in [0.15, 0.2) is 48.7 Å². The van der Waals surface area contributed by atoms with Crippen molar-refractivity contribution in [3.05, 3.63) is 59.8 Å². The van der Waals surface area contributed by atoms with E-state index < -0.39 is 0 Å². The number of fused-ring (bicyclic) bond motifs is 2. The Labute approximate surface area is 157 Å². The monoisotopic (exact) mass is 346 g/mol. The molecule has 0 aliphatic heterocycles. The van der Waals surface area contributed by atoms with E-state index in [2.05, 4.69) is 72.4 Å². The highest BCUT2D eigenvalue weighted by Gasteiger charge is 2.25. The minimum Gasteiger partial charge on any atom is -0.361 e. The molecule has 0 amide bonds. The van der Waals surface area contributed by atoms with Crippen LogP contribution in [0.5, 0.6) is 0 Å². The number of hydrogen-bond acceptors (Lipinski definition) is 1. The number of H-pyrrole nitrogens is 1. The molecule has 1 aliphatic carbocycles. The molecule has 0 saturated heterocycles. The summed E-state index contributed by atoms with van der Waals surface area (Å²) in [5.41, 5.74) is 7.14. The molecule has 2 nitrogen and oxygen atoms in total. The number of nitrogens with one attached hydrogen (secondary N) is 1. The molecule has 26 heavy (non-hydrogen) atoms. The lowest BCUT2D eigenvalue weighted by molar-refractivity contribution is 0.180. The Morgan fingerprint density at radius 3 is 2.58 bits per heavy atom. The molecule has 4 rings (SSSR count). The Morgan fingerprint density at radius 1 is 0.962 bits per heavy atom. The van der Waals surface area contributed by atoms with E-state index in [4.69, 9.17) is 0 Å². The lowest BCUT2D eigenvalue weighted by Gasteiger charge is -2.36. The molecule has 1 aliphatic rings. The largest absolute Gasteiger partial charge is 0.361 e. The number of aryl methyl sites for hydroxylation is 1. The first kappa shape index (κ1) is 17.4. The Balaban J connectivity index is 1.72. The average molecular weight is 347 g/mol. The van der Waals surface area contributed by atoms with Crippen LogP contribution in [0.4, 0.5) is 0 Å². The zero-order chi connectivity index (χ0) is 17.9. The van der Waals surface area contributed by atoms with Gasteiger partial charge in [-0.05, 0) is 68.0 Å². The molecule has 2 aromatic carbocycles. The van der Waals surface area contributed by atoms with Crippen LogP contribution in [-0.2, 0) is 12.8 Å². The molecule has 0 bridgehead atoms. The minimum atomic E-state index is 0.689. The molecule has 1 heterocycles. The van der Waals surface area contributed by atoms with Crippen molar-refractivity contribution in [2.75, 3.05) is 13.1 Å². The van der Waals surface area contributed by atoms with Gasteiger partial charge in [-0.1, -0.05) is 50.2 Å². The fourth-order valence-electron chi connectivity index (χ4n) is 4.68. The van der Waals surface area contributed by atoms with Gasteiger partial charge in [0.15, 0.2) is 0 Å². The molecule has 0 saturated carbocycles. The molecule has 136 valence electrons. The highest BCUT2D eigenvalue weighted by atomic mass is 15.1. The van der Waals surface area contributed by atoms with E-state index in [1.165, 1.54) is 67.2 Å². The van der Waals surface area contributed by atoms with Crippen LogP contribution in [0.25, 0.3) is 22.0 Å². The van der Waals surface area contributed by atoms with Crippen LogP contribution in [0.2, 0.25) is 0 Å². The van der Waals surface area contributed by atoms with Gasteiger partial charge in [-0.15, -0.1) is 0 Å². The second kappa shape index (κ2) is 7.67. The molecule has 1 aromatic heterocycles. The first-order valence-electron chi connectivity index (χ1n) is 10.2. The predicted molar refractivity (Wildman–Crippen MR) is 112 cm³/mol. The summed E-state index contributed by atoms with van der Waals surface area (Å²) in [7, 11) is 0. The Kier molecular flexibility index (Phi) is 5.12. The summed E-state index contributed by atoms with van der Waals surface area (Å²) in [5.74, 6) is 0. The quantitative estimate of drug-likeness (QED) is 0.596. The summed E-state index contributed by atoms with van der Waals surface area (Å²) >= 11 is 0. The van der Waals surface area contributed by atoms with E-state index in [1.54, 1.807) is 11.1 Å². The first-order valence-corrected chi connectivity index (χ1v) is 10.2. The number of rotatable bonds is 6. The van der Waals surface area contributed by atoms with E-state index >= 15 is 0 Å². The molecule has 3 aromatic rings. The highest BCUT2D eigenvalue weighted by molar-refractivity contribution is 5.96. The third-order valence-electron chi connectivity index (χ3n) is 5.88. The van der Waals surface area contributed by atoms with Crippen molar-refractivity contribution in [1.82, 2.24) is 9.88 Å². The van der Waals surface area contributed by atoms with Gasteiger partial charge in [-0.25, -0.2) is 0 Å². The molecule has 2 heteroatoms. The number of aromatic amines is 1. The Morgan fingerprint density at radius 2 is 1.77 bits per heavy atom. The van der Waals surface area contributed by atoms with Gasteiger partial charge in [-0.2, -0.15) is 0 Å². The number of para-hydroxylation sites is 1. The van der Waals surface area contributed by atoms with Crippen molar-refractivity contribution in [1.29, 1.82) is 0 Å². The van der Waals surface area contributed by atoms with Crippen molar-refractivity contribution in [3.8, 4) is 11.1 Å². The van der Waals surface area contributed by atoms with Gasteiger partial charge in [-0.3, -0.25) is 0 Å². The summed E-state index contributed by atoms with van der Waals surface area (Å²) in [5, 5.41) is 1.34. The molecular weight excluding hydrogens is 316 g/mol. The predicted octanol–water partition coefficient (Wildman–Crippen LogP) is 5.81. The lowest BCUT2D eigenvalue weighted by Crippen LogP contribution is -2.40. The van der Waals surface area contributed by atoms with Gasteiger partial charge in [0, 0.05) is 28.7 Å². The van der Waals surface area contributed by atoms with E-state index in [9.17, 15) is 0 Å².